The van der Waals surface area contributed by atoms with Crippen LogP contribution in [0.4, 0.5) is 0 Å². The molecule has 0 aromatic heterocycles. The van der Waals surface area contributed by atoms with E-state index in [1.807, 2.05) is 26.2 Å². The van der Waals surface area contributed by atoms with Gasteiger partial charge in [-0.15, -0.1) is 0 Å². The molecule has 2 amide bonds. The van der Waals surface area contributed by atoms with Crippen molar-refractivity contribution in [3.8, 4) is 0 Å². The Balaban J connectivity index is 1.33. The third kappa shape index (κ3) is 4.35. The quantitative estimate of drug-likeness (QED) is 0.743. The number of hydrogen-bond acceptors (Lipinski definition) is 3. The van der Waals surface area contributed by atoms with Gasteiger partial charge in [0.05, 0.1) is 0 Å². The Morgan fingerprint density at radius 2 is 1.59 bits per heavy atom. The predicted octanol–water partition coefficient (Wildman–Crippen LogP) is 3.09. The van der Waals surface area contributed by atoms with E-state index in [-0.39, 0.29) is 17.2 Å². The summed E-state index contributed by atoms with van der Waals surface area (Å²) in [5, 5.41) is 6.08. The number of nitrogens with one attached hydrogen (secondary N) is 2. The standard InChI is InChI=1S/C24H35N3O2/c1-16(22(28)25-14-20-6-4-5-7-21(20)15-27(2)3)26-23(29)24-11-17-8-18(12-24)10-19(9-17)13-24/h4-7,16-19H,8-15H2,1-3H3,(H,25,28)(H,26,29)/t16-,17?,18?,19?,24?/m0/s1. The molecule has 0 saturated heterocycles. The molecule has 158 valence electrons. The van der Waals surface area contributed by atoms with E-state index in [4.69, 9.17) is 0 Å². The van der Waals surface area contributed by atoms with Crippen molar-refractivity contribution in [3.05, 3.63) is 35.4 Å². The third-order valence-electron chi connectivity index (χ3n) is 7.32. The van der Waals surface area contributed by atoms with Crippen LogP contribution in [0, 0.1) is 23.2 Å². The van der Waals surface area contributed by atoms with Gasteiger partial charge in [0, 0.05) is 18.5 Å². The van der Waals surface area contributed by atoms with Crippen LogP contribution >= 0.6 is 0 Å². The molecule has 0 heterocycles. The topological polar surface area (TPSA) is 61.4 Å². The maximum Gasteiger partial charge on any atom is 0.242 e. The highest BCUT2D eigenvalue weighted by molar-refractivity contribution is 5.90. The lowest BCUT2D eigenvalue weighted by atomic mass is 9.49. The SMILES string of the molecule is C[C@H](NC(=O)C12CC3CC(CC(C3)C1)C2)C(=O)NCc1ccccc1CN(C)C. The monoisotopic (exact) mass is 397 g/mol. The Bertz CT molecular complexity index is 738. The fraction of sp³-hybridized carbons (Fsp3) is 0.667. The normalized spacial score (nSPS) is 31.0. The zero-order chi connectivity index (χ0) is 20.6. The van der Waals surface area contributed by atoms with Crippen LogP contribution in [0.1, 0.15) is 56.6 Å². The van der Waals surface area contributed by atoms with Crippen molar-refractivity contribution in [2.24, 2.45) is 23.2 Å². The minimum atomic E-state index is -0.503. The van der Waals surface area contributed by atoms with Crippen LogP contribution in [0.15, 0.2) is 24.3 Å². The molecular formula is C24H35N3O2. The second kappa shape index (κ2) is 8.10. The smallest absolute Gasteiger partial charge is 0.242 e. The number of rotatable bonds is 7. The molecule has 4 fully saturated rings. The van der Waals surface area contributed by atoms with Crippen LogP contribution in [-0.2, 0) is 22.7 Å². The zero-order valence-corrected chi connectivity index (χ0v) is 18.0. The Kier molecular flexibility index (Phi) is 5.69. The van der Waals surface area contributed by atoms with Crippen molar-refractivity contribution < 1.29 is 9.59 Å². The molecule has 29 heavy (non-hydrogen) atoms. The third-order valence-corrected chi connectivity index (χ3v) is 7.32. The van der Waals surface area contributed by atoms with Gasteiger partial charge >= 0.3 is 0 Å². The maximum atomic E-state index is 13.2. The van der Waals surface area contributed by atoms with Crippen molar-refractivity contribution >= 4 is 11.8 Å². The second-order valence-electron chi connectivity index (χ2n) is 10.1. The molecule has 4 saturated carbocycles. The highest BCUT2D eigenvalue weighted by atomic mass is 16.2. The van der Waals surface area contributed by atoms with E-state index in [1.165, 1.54) is 24.8 Å². The molecule has 2 N–H and O–H groups in total. The maximum absolute atomic E-state index is 13.2. The fourth-order valence-electron chi connectivity index (χ4n) is 6.36. The second-order valence-corrected chi connectivity index (χ2v) is 10.1. The van der Waals surface area contributed by atoms with Crippen LogP contribution in [0.2, 0.25) is 0 Å². The van der Waals surface area contributed by atoms with E-state index in [0.29, 0.717) is 6.54 Å². The Hall–Kier alpha value is -1.88. The first-order chi connectivity index (χ1) is 13.8. The van der Waals surface area contributed by atoms with Crippen molar-refractivity contribution in [3.63, 3.8) is 0 Å². The largest absolute Gasteiger partial charge is 0.350 e. The van der Waals surface area contributed by atoms with Gasteiger partial charge in [0.25, 0.3) is 0 Å². The minimum absolute atomic E-state index is 0.109. The van der Waals surface area contributed by atoms with E-state index in [9.17, 15) is 9.59 Å². The van der Waals surface area contributed by atoms with Gasteiger partial charge in [-0.05, 0) is 88.4 Å². The van der Waals surface area contributed by atoms with Crippen molar-refractivity contribution in [2.75, 3.05) is 14.1 Å². The van der Waals surface area contributed by atoms with E-state index in [0.717, 1.165) is 49.1 Å². The predicted molar refractivity (Wildman–Crippen MR) is 114 cm³/mol. The molecule has 1 aromatic carbocycles. The summed E-state index contributed by atoms with van der Waals surface area (Å²) in [6, 6.07) is 7.67. The Morgan fingerprint density at radius 1 is 1.03 bits per heavy atom. The summed E-state index contributed by atoms with van der Waals surface area (Å²) in [6.45, 7) is 3.13. The van der Waals surface area contributed by atoms with Crippen molar-refractivity contribution in [2.45, 2.75) is 64.6 Å². The number of hydrogen-bond donors (Lipinski definition) is 2. The molecule has 0 spiro atoms. The highest BCUT2D eigenvalue weighted by Crippen LogP contribution is 2.60. The summed E-state index contributed by atoms with van der Waals surface area (Å²) in [6.07, 6.45) is 7.02. The molecule has 1 atom stereocenters. The first-order valence-corrected chi connectivity index (χ1v) is 11.1. The molecule has 4 bridgehead atoms. The number of carbonyl (C=O) groups excluding carboxylic acids is 2. The van der Waals surface area contributed by atoms with Gasteiger partial charge in [0.1, 0.15) is 6.04 Å². The lowest BCUT2D eigenvalue weighted by molar-refractivity contribution is -0.148. The molecule has 0 aliphatic heterocycles. The molecule has 4 aliphatic rings. The summed E-state index contributed by atoms with van der Waals surface area (Å²) in [4.78, 5) is 28.0. The lowest BCUT2D eigenvalue weighted by Gasteiger charge is -2.55. The average molecular weight is 398 g/mol. The van der Waals surface area contributed by atoms with Gasteiger partial charge in [0.2, 0.25) is 11.8 Å². The minimum Gasteiger partial charge on any atom is -0.350 e. The van der Waals surface area contributed by atoms with Crippen LogP contribution in [0.3, 0.4) is 0 Å². The zero-order valence-electron chi connectivity index (χ0n) is 18.0. The van der Waals surface area contributed by atoms with Gasteiger partial charge in [-0.1, -0.05) is 24.3 Å². The average Bonchev–Trinajstić information content (AvgIpc) is 2.65. The molecule has 0 radical (unpaired) electrons. The fourth-order valence-corrected chi connectivity index (χ4v) is 6.36. The van der Waals surface area contributed by atoms with Gasteiger partial charge in [0.15, 0.2) is 0 Å². The molecule has 5 heteroatoms. The molecule has 1 aromatic rings. The Labute approximate surface area is 174 Å². The highest BCUT2D eigenvalue weighted by Gasteiger charge is 2.54. The lowest BCUT2D eigenvalue weighted by Crippen LogP contribution is -2.56. The number of nitrogens with zero attached hydrogens (tertiary/aromatic N) is 1. The van der Waals surface area contributed by atoms with E-state index >= 15 is 0 Å². The van der Waals surface area contributed by atoms with Crippen molar-refractivity contribution in [1.82, 2.24) is 15.5 Å². The summed E-state index contributed by atoms with van der Waals surface area (Å²) >= 11 is 0. The molecule has 5 rings (SSSR count). The van der Waals surface area contributed by atoms with Crippen LogP contribution in [0.5, 0.6) is 0 Å². The van der Waals surface area contributed by atoms with Crippen molar-refractivity contribution in [1.29, 1.82) is 0 Å². The van der Waals surface area contributed by atoms with Gasteiger partial charge < -0.3 is 15.5 Å². The summed E-state index contributed by atoms with van der Waals surface area (Å²) in [5.41, 5.74) is 2.12. The van der Waals surface area contributed by atoms with Crippen LogP contribution in [-0.4, -0.2) is 36.9 Å². The first-order valence-electron chi connectivity index (χ1n) is 11.1. The van der Waals surface area contributed by atoms with Crippen LogP contribution < -0.4 is 10.6 Å². The molecule has 4 aliphatic carbocycles. The van der Waals surface area contributed by atoms with E-state index in [2.05, 4.69) is 27.7 Å². The summed E-state index contributed by atoms with van der Waals surface area (Å²) < 4.78 is 0. The number of carbonyl (C=O) groups is 2. The number of amides is 2. The molecule has 5 nitrogen and oxygen atoms in total. The summed E-state index contributed by atoms with van der Waals surface area (Å²) in [5.74, 6) is 2.19. The van der Waals surface area contributed by atoms with Gasteiger partial charge in [-0.3, -0.25) is 9.59 Å². The van der Waals surface area contributed by atoms with Gasteiger partial charge in [-0.2, -0.15) is 0 Å². The first kappa shape index (κ1) is 20.4. The Morgan fingerprint density at radius 3 is 2.14 bits per heavy atom. The van der Waals surface area contributed by atoms with Crippen LogP contribution in [0.25, 0.3) is 0 Å². The molecular weight excluding hydrogens is 362 g/mol. The molecule has 0 unspecified atom stereocenters. The number of benzene rings is 1. The van der Waals surface area contributed by atoms with E-state index in [1.54, 1.807) is 6.92 Å². The van der Waals surface area contributed by atoms with E-state index < -0.39 is 6.04 Å². The van der Waals surface area contributed by atoms with Gasteiger partial charge in [-0.25, -0.2) is 0 Å². The summed E-state index contributed by atoms with van der Waals surface area (Å²) in [7, 11) is 4.08.